The maximum absolute atomic E-state index is 12.5. The highest BCUT2D eigenvalue weighted by atomic mass is 19.3. The Balaban J connectivity index is 1.71. The summed E-state index contributed by atoms with van der Waals surface area (Å²) in [7, 11) is 0. The van der Waals surface area contributed by atoms with Crippen LogP contribution >= 0.6 is 0 Å². The van der Waals surface area contributed by atoms with Crippen LogP contribution in [0.15, 0.2) is 79.1 Å². The molecule has 1 N–H and O–H groups in total. The van der Waals surface area contributed by atoms with Crippen molar-refractivity contribution in [3.63, 3.8) is 0 Å². The molecule has 1 aromatic heterocycles. The molecule has 0 aliphatic rings. The molecule has 1 heterocycles. The van der Waals surface area contributed by atoms with E-state index in [2.05, 4.69) is 10.1 Å². The number of carbonyl (C=O) groups excluding carboxylic acids is 1. The highest BCUT2D eigenvalue weighted by Crippen LogP contribution is 2.25. The minimum atomic E-state index is -2.95. The van der Waals surface area contributed by atoms with Crippen LogP contribution in [0.25, 0.3) is 11.1 Å². The van der Waals surface area contributed by atoms with Crippen LogP contribution in [0.1, 0.15) is 0 Å². The second-order valence-electron chi connectivity index (χ2n) is 5.55. The highest BCUT2D eigenvalue weighted by Gasteiger charge is 2.15. The topological polar surface area (TPSA) is 42.2 Å². The molecular formula is C20H17F2N2O2+. The number of alkyl halides is 2. The van der Waals surface area contributed by atoms with Gasteiger partial charge in [0, 0.05) is 11.6 Å². The summed E-state index contributed by atoms with van der Waals surface area (Å²) in [6.07, 6.45) is 3.63. The van der Waals surface area contributed by atoms with E-state index in [0.717, 1.165) is 11.1 Å². The Morgan fingerprint density at radius 3 is 2.42 bits per heavy atom. The normalized spacial score (nSPS) is 10.6. The monoisotopic (exact) mass is 355 g/mol. The number of nitrogens with one attached hydrogen (secondary N) is 1. The summed E-state index contributed by atoms with van der Waals surface area (Å²) in [5, 5.41) is 2.61. The molecule has 132 valence electrons. The number of hydrogen-bond acceptors (Lipinski definition) is 2. The summed E-state index contributed by atoms with van der Waals surface area (Å²) in [5.41, 5.74) is 2.22. The molecular weight excluding hydrogens is 338 g/mol. The van der Waals surface area contributed by atoms with E-state index >= 15 is 0 Å². The first-order valence-electron chi connectivity index (χ1n) is 8.00. The van der Waals surface area contributed by atoms with E-state index in [9.17, 15) is 13.6 Å². The van der Waals surface area contributed by atoms with Gasteiger partial charge in [0.05, 0.1) is 5.69 Å². The molecule has 0 aliphatic carbocycles. The average molecular weight is 355 g/mol. The van der Waals surface area contributed by atoms with Gasteiger partial charge in [0.15, 0.2) is 12.4 Å². The maximum atomic E-state index is 12.5. The maximum Gasteiger partial charge on any atom is 0.387 e. The highest BCUT2D eigenvalue weighted by molar-refractivity contribution is 5.91. The number of aromatic nitrogens is 1. The van der Waals surface area contributed by atoms with Gasteiger partial charge >= 0.3 is 6.61 Å². The average Bonchev–Trinajstić information content (AvgIpc) is 2.64. The third kappa shape index (κ3) is 4.63. The number of anilines is 1. The molecule has 26 heavy (non-hydrogen) atoms. The molecule has 1 amide bonds. The molecule has 6 heteroatoms. The van der Waals surface area contributed by atoms with Gasteiger partial charge in [0.1, 0.15) is 5.75 Å². The van der Waals surface area contributed by atoms with E-state index in [-0.39, 0.29) is 23.9 Å². The van der Waals surface area contributed by atoms with Crippen molar-refractivity contribution in [2.75, 3.05) is 5.32 Å². The van der Waals surface area contributed by atoms with Crippen LogP contribution in [-0.2, 0) is 11.3 Å². The molecule has 0 radical (unpaired) electrons. The van der Waals surface area contributed by atoms with Crippen LogP contribution in [0.3, 0.4) is 0 Å². The van der Waals surface area contributed by atoms with Gasteiger partial charge in [-0.3, -0.25) is 4.79 Å². The zero-order valence-corrected chi connectivity index (χ0v) is 13.8. The Kier molecular flexibility index (Phi) is 5.53. The smallest absolute Gasteiger partial charge is 0.387 e. The van der Waals surface area contributed by atoms with Gasteiger partial charge in [0.25, 0.3) is 5.91 Å². The minimum absolute atomic E-state index is 0.0453. The first-order valence-corrected chi connectivity index (χ1v) is 8.00. The van der Waals surface area contributed by atoms with E-state index in [4.69, 9.17) is 0 Å². The van der Waals surface area contributed by atoms with Crippen LogP contribution in [0.5, 0.6) is 5.75 Å². The van der Waals surface area contributed by atoms with Crippen LogP contribution in [0.4, 0.5) is 14.5 Å². The van der Waals surface area contributed by atoms with Gasteiger partial charge in [0.2, 0.25) is 6.54 Å². The number of ether oxygens (including phenoxy) is 1. The van der Waals surface area contributed by atoms with E-state index in [1.165, 1.54) is 12.1 Å². The molecule has 0 aliphatic heterocycles. The van der Waals surface area contributed by atoms with Gasteiger partial charge in [-0.1, -0.05) is 42.5 Å². The lowest BCUT2D eigenvalue weighted by molar-refractivity contribution is -0.683. The number of hydrogen-bond donors (Lipinski definition) is 1. The van der Waals surface area contributed by atoms with Crippen molar-refractivity contribution in [3.8, 4) is 16.9 Å². The van der Waals surface area contributed by atoms with Crippen LogP contribution in [-0.4, -0.2) is 12.5 Å². The van der Waals surface area contributed by atoms with Crippen molar-refractivity contribution in [1.82, 2.24) is 0 Å². The Morgan fingerprint density at radius 2 is 1.65 bits per heavy atom. The van der Waals surface area contributed by atoms with E-state index < -0.39 is 6.61 Å². The molecule has 4 nitrogen and oxygen atoms in total. The molecule has 0 saturated heterocycles. The van der Waals surface area contributed by atoms with Crippen molar-refractivity contribution in [3.05, 3.63) is 79.1 Å². The second-order valence-corrected chi connectivity index (χ2v) is 5.55. The molecule has 0 fully saturated rings. The summed E-state index contributed by atoms with van der Waals surface area (Å²) < 4.78 is 31.1. The van der Waals surface area contributed by atoms with Crippen molar-refractivity contribution >= 4 is 11.6 Å². The molecule has 0 unspecified atom stereocenters. The Hall–Kier alpha value is -3.28. The SMILES string of the molecule is O=C(C[n+]1cccc(-c2ccccc2)c1)Nc1ccccc1OC(F)F. The fraction of sp³-hybridized carbons (Fsp3) is 0.100. The van der Waals surface area contributed by atoms with Crippen LogP contribution in [0, 0.1) is 0 Å². The van der Waals surface area contributed by atoms with Crippen molar-refractivity contribution < 1.29 is 22.9 Å². The zero-order chi connectivity index (χ0) is 18.4. The number of nitrogens with zero attached hydrogens (tertiary/aromatic N) is 1. The fourth-order valence-electron chi connectivity index (χ4n) is 2.55. The number of benzene rings is 2. The van der Waals surface area contributed by atoms with Crippen molar-refractivity contribution in [1.29, 1.82) is 0 Å². The number of rotatable bonds is 6. The molecule has 3 aromatic rings. The summed E-state index contributed by atoms with van der Waals surface area (Å²) in [6, 6.07) is 19.7. The van der Waals surface area contributed by atoms with E-state index in [0.29, 0.717) is 0 Å². The number of carbonyl (C=O) groups is 1. The van der Waals surface area contributed by atoms with Crippen LogP contribution in [0.2, 0.25) is 0 Å². The first-order chi connectivity index (χ1) is 12.6. The summed E-state index contributed by atoms with van der Waals surface area (Å²) in [5.74, 6) is -0.413. The standard InChI is InChI=1S/C20H16F2N2O2/c21-20(22)26-18-11-5-4-10-17(18)23-19(25)14-24-12-6-9-16(13-24)15-7-2-1-3-8-15/h1-13,20H,14H2/p+1. The summed E-state index contributed by atoms with van der Waals surface area (Å²) in [4.78, 5) is 12.3. The number of para-hydroxylation sites is 2. The Labute approximate surface area is 149 Å². The number of pyridine rings is 1. The predicted octanol–water partition coefficient (Wildman–Crippen LogP) is 3.88. The lowest BCUT2D eigenvalue weighted by Crippen LogP contribution is -2.39. The van der Waals surface area contributed by atoms with E-state index in [1.54, 1.807) is 22.9 Å². The van der Waals surface area contributed by atoms with Crippen molar-refractivity contribution in [2.24, 2.45) is 0 Å². The van der Waals surface area contributed by atoms with Gasteiger partial charge in [-0.05, 0) is 23.8 Å². The molecule has 2 aromatic carbocycles. The van der Waals surface area contributed by atoms with Crippen LogP contribution < -0.4 is 14.6 Å². The van der Waals surface area contributed by atoms with Crippen molar-refractivity contribution in [2.45, 2.75) is 13.2 Å². The predicted molar refractivity (Wildman–Crippen MR) is 93.8 cm³/mol. The molecule has 0 bridgehead atoms. The lowest BCUT2D eigenvalue weighted by Gasteiger charge is -2.10. The first kappa shape index (κ1) is 17.5. The third-order valence-corrected chi connectivity index (χ3v) is 3.67. The zero-order valence-electron chi connectivity index (χ0n) is 13.8. The molecule has 0 spiro atoms. The summed E-state index contributed by atoms with van der Waals surface area (Å²) in [6.45, 7) is -2.91. The van der Waals surface area contributed by atoms with Gasteiger partial charge in [-0.15, -0.1) is 0 Å². The second kappa shape index (κ2) is 8.20. The Bertz CT molecular complexity index is 886. The number of amides is 1. The third-order valence-electron chi connectivity index (χ3n) is 3.67. The van der Waals surface area contributed by atoms with Gasteiger partial charge in [-0.2, -0.15) is 13.3 Å². The molecule has 3 rings (SSSR count). The van der Waals surface area contributed by atoms with E-state index in [1.807, 2.05) is 48.7 Å². The number of halogens is 2. The van der Waals surface area contributed by atoms with Gasteiger partial charge < -0.3 is 10.1 Å². The molecule has 0 atom stereocenters. The quantitative estimate of drug-likeness (QED) is 0.682. The lowest BCUT2D eigenvalue weighted by atomic mass is 10.1. The fourth-order valence-corrected chi connectivity index (χ4v) is 2.55. The Morgan fingerprint density at radius 1 is 0.962 bits per heavy atom. The van der Waals surface area contributed by atoms with Gasteiger partial charge in [-0.25, -0.2) is 0 Å². The minimum Gasteiger partial charge on any atom is -0.433 e. The molecule has 0 saturated carbocycles. The largest absolute Gasteiger partial charge is 0.433 e. The summed E-state index contributed by atoms with van der Waals surface area (Å²) >= 11 is 0.